The Morgan fingerprint density at radius 3 is 2.07 bits per heavy atom. The van der Waals surface area contributed by atoms with Crippen LogP contribution in [0.15, 0.2) is 0 Å². The van der Waals surface area contributed by atoms with Gasteiger partial charge in [0.1, 0.15) is 12.6 Å². The summed E-state index contributed by atoms with van der Waals surface area (Å²) in [5, 5.41) is 19.6. The molecule has 9 heteroatoms. The van der Waals surface area contributed by atoms with Crippen LogP contribution in [0.2, 0.25) is 0 Å². The van der Waals surface area contributed by atoms with E-state index in [1.165, 1.54) is 0 Å². The van der Waals surface area contributed by atoms with E-state index in [2.05, 4.69) is 35.1 Å². The van der Waals surface area contributed by atoms with Gasteiger partial charge in [0, 0.05) is 12.0 Å². The van der Waals surface area contributed by atoms with Crippen molar-refractivity contribution in [3.8, 4) is 0 Å². The molecule has 5 N–H and O–H groups in total. The fraction of sp³-hybridized carbons (Fsp3) is 0.800. The molecule has 29 heavy (non-hydrogen) atoms. The number of carbonyl (C=O) groups is 4. The molecular formula is C20H36N4O5. The van der Waals surface area contributed by atoms with Crippen molar-refractivity contribution < 1.29 is 24.3 Å². The SMILES string of the molecule is CC(C)NCC1CCC(C(=O)NCC(=O)NC(C(=O)NCC(=O)O)C(C)C)CC1. The van der Waals surface area contributed by atoms with E-state index in [9.17, 15) is 19.2 Å². The van der Waals surface area contributed by atoms with Crippen molar-refractivity contribution in [1.29, 1.82) is 0 Å². The molecule has 1 rings (SSSR count). The first kappa shape index (κ1) is 24.9. The first-order chi connectivity index (χ1) is 13.6. The van der Waals surface area contributed by atoms with E-state index in [0.717, 1.165) is 32.2 Å². The van der Waals surface area contributed by atoms with Gasteiger partial charge in [-0.2, -0.15) is 0 Å². The third-order valence-electron chi connectivity index (χ3n) is 5.13. The third kappa shape index (κ3) is 9.74. The van der Waals surface area contributed by atoms with Crippen LogP contribution in [0, 0.1) is 17.8 Å². The Hall–Kier alpha value is -2.16. The largest absolute Gasteiger partial charge is 0.480 e. The number of hydrogen-bond donors (Lipinski definition) is 5. The highest BCUT2D eigenvalue weighted by atomic mass is 16.4. The summed E-state index contributed by atoms with van der Waals surface area (Å²) in [6, 6.07) is -0.405. The van der Waals surface area contributed by atoms with Crippen LogP contribution in [0.25, 0.3) is 0 Å². The van der Waals surface area contributed by atoms with Gasteiger partial charge in [-0.15, -0.1) is 0 Å². The summed E-state index contributed by atoms with van der Waals surface area (Å²) in [6.07, 6.45) is 3.60. The molecule has 0 aromatic heterocycles. The van der Waals surface area contributed by atoms with Crippen LogP contribution >= 0.6 is 0 Å². The van der Waals surface area contributed by atoms with Gasteiger partial charge in [-0.25, -0.2) is 0 Å². The van der Waals surface area contributed by atoms with Gasteiger partial charge in [0.15, 0.2) is 0 Å². The average Bonchev–Trinajstić information content (AvgIpc) is 2.66. The Kier molecular flexibility index (Phi) is 10.6. The van der Waals surface area contributed by atoms with Crippen molar-refractivity contribution in [3.05, 3.63) is 0 Å². The quantitative estimate of drug-likeness (QED) is 0.330. The van der Waals surface area contributed by atoms with Gasteiger partial charge < -0.3 is 26.4 Å². The molecule has 9 nitrogen and oxygen atoms in total. The first-order valence-corrected chi connectivity index (χ1v) is 10.4. The van der Waals surface area contributed by atoms with Gasteiger partial charge in [-0.05, 0) is 44.1 Å². The lowest BCUT2D eigenvalue weighted by Crippen LogP contribution is -2.52. The zero-order valence-corrected chi connectivity index (χ0v) is 17.9. The van der Waals surface area contributed by atoms with Gasteiger partial charge >= 0.3 is 5.97 Å². The summed E-state index contributed by atoms with van der Waals surface area (Å²) in [4.78, 5) is 47.1. The molecule has 166 valence electrons. The minimum absolute atomic E-state index is 0.0853. The lowest BCUT2D eigenvalue weighted by molar-refractivity contribution is -0.138. The molecule has 0 aliphatic heterocycles. The Morgan fingerprint density at radius 2 is 1.55 bits per heavy atom. The number of nitrogens with one attached hydrogen (secondary N) is 4. The maximum absolute atomic E-state index is 12.4. The van der Waals surface area contributed by atoms with Gasteiger partial charge in [0.25, 0.3) is 0 Å². The zero-order chi connectivity index (χ0) is 22.0. The van der Waals surface area contributed by atoms with Crippen LogP contribution < -0.4 is 21.3 Å². The molecule has 0 heterocycles. The fourth-order valence-corrected chi connectivity index (χ4v) is 3.37. The minimum Gasteiger partial charge on any atom is -0.480 e. The fourth-order valence-electron chi connectivity index (χ4n) is 3.37. The van der Waals surface area contributed by atoms with E-state index >= 15 is 0 Å². The highest BCUT2D eigenvalue weighted by Crippen LogP contribution is 2.28. The van der Waals surface area contributed by atoms with Crippen LogP contribution in [-0.4, -0.2) is 60.5 Å². The summed E-state index contributed by atoms with van der Waals surface area (Å²) in [5.41, 5.74) is 0. The van der Waals surface area contributed by atoms with E-state index in [0.29, 0.717) is 12.0 Å². The standard InChI is InChI=1S/C20H36N4O5/c1-12(2)18(20(29)23-11-17(26)27)24-16(25)10-22-19(28)15-7-5-14(6-8-15)9-21-13(3)4/h12-15,18,21H,5-11H2,1-4H3,(H,22,28)(H,23,29)(H,24,25)(H,26,27). The van der Waals surface area contributed by atoms with Crippen LogP contribution in [-0.2, 0) is 19.2 Å². The lowest BCUT2D eigenvalue weighted by Gasteiger charge is -2.28. The highest BCUT2D eigenvalue weighted by molar-refractivity contribution is 5.91. The summed E-state index contributed by atoms with van der Waals surface area (Å²) in [7, 11) is 0. The van der Waals surface area contributed by atoms with E-state index in [1.54, 1.807) is 13.8 Å². The Morgan fingerprint density at radius 1 is 0.931 bits per heavy atom. The van der Waals surface area contributed by atoms with Crippen LogP contribution in [0.4, 0.5) is 0 Å². The van der Waals surface area contributed by atoms with Crippen molar-refractivity contribution >= 4 is 23.7 Å². The number of hydrogen-bond acceptors (Lipinski definition) is 5. The molecule has 1 unspecified atom stereocenters. The highest BCUT2D eigenvalue weighted by Gasteiger charge is 2.28. The maximum Gasteiger partial charge on any atom is 0.322 e. The molecule has 0 radical (unpaired) electrons. The van der Waals surface area contributed by atoms with Crippen molar-refractivity contribution in [2.75, 3.05) is 19.6 Å². The molecule has 0 spiro atoms. The smallest absolute Gasteiger partial charge is 0.322 e. The number of aliphatic carboxylic acids is 1. The van der Waals surface area contributed by atoms with E-state index < -0.39 is 30.4 Å². The average molecular weight is 413 g/mol. The molecule has 3 amide bonds. The zero-order valence-electron chi connectivity index (χ0n) is 17.9. The predicted molar refractivity (Wildman–Crippen MR) is 109 cm³/mol. The summed E-state index contributed by atoms with van der Waals surface area (Å²) >= 11 is 0. The van der Waals surface area contributed by atoms with E-state index in [-0.39, 0.29) is 24.3 Å². The second-order valence-electron chi connectivity index (χ2n) is 8.40. The van der Waals surface area contributed by atoms with E-state index in [4.69, 9.17) is 5.11 Å². The molecular weight excluding hydrogens is 376 g/mol. The number of rotatable bonds is 11. The Balaban J connectivity index is 2.38. The molecule has 0 saturated heterocycles. The molecule has 0 aromatic rings. The monoisotopic (exact) mass is 412 g/mol. The van der Waals surface area contributed by atoms with Crippen molar-refractivity contribution in [2.24, 2.45) is 17.8 Å². The van der Waals surface area contributed by atoms with Crippen LogP contribution in [0.1, 0.15) is 53.4 Å². The Bertz CT molecular complexity index is 571. The molecule has 1 saturated carbocycles. The van der Waals surface area contributed by atoms with Crippen molar-refractivity contribution in [2.45, 2.75) is 65.5 Å². The number of amides is 3. The Labute approximate surface area is 172 Å². The summed E-state index contributed by atoms with van der Waals surface area (Å²) in [6.45, 7) is 7.97. The molecule has 1 atom stereocenters. The maximum atomic E-state index is 12.4. The van der Waals surface area contributed by atoms with Crippen LogP contribution in [0.5, 0.6) is 0 Å². The third-order valence-corrected chi connectivity index (χ3v) is 5.13. The van der Waals surface area contributed by atoms with Crippen molar-refractivity contribution in [1.82, 2.24) is 21.3 Å². The summed E-state index contributed by atoms with van der Waals surface area (Å²) < 4.78 is 0. The second-order valence-corrected chi connectivity index (χ2v) is 8.40. The van der Waals surface area contributed by atoms with Crippen LogP contribution in [0.3, 0.4) is 0 Å². The second kappa shape index (κ2) is 12.4. The predicted octanol–water partition coefficient (Wildman–Crippen LogP) is 0.249. The number of carbonyl (C=O) groups excluding carboxylic acids is 3. The lowest BCUT2D eigenvalue weighted by atomic mass is 9.81. The topological polar surface area (TPSA) is 137 Å². The molecule has 0 aromatic carbocycles. The van der Waals surface area contributed by atoms with Gasteiger partial charge in [-0.1, -0.05) is 27.7 Å². The van der Waals surface area contributed by atoms with Gasteiger partial charge in [0.05, 0.1) is 6.54 Å². The van der Waals surface area contributed by atoms with Gasteiger partial charge in [0.2, 0.25) is 17.7 Å². The normalized spacial score (nSPS) is 20.2. The summed E-state index contributed by atoms with van der Waals surface area (Å²) in [5.74, 6) is -2.05. The number of carboxylic acids is 1. The molecule has 1 fully saturated rings. The van der Waals surface area contributed by atoms with Crippen molar-refractivity contribution in [3.63, 3.8) is 0 Å². The molecule has 1 aliphatic carbocycles. The molecule has 1 aliphatic rings. The number of carboxylic acid groups (broad SMARTS) is 1. The van der Waals surface area contributed by atoms with Gasteiger partial charge in [-0.3, -0.25) is 19.2 Å². The first-order valence-electron chi connectivity index (χ1n) is 10.4. The van der Waals surface area contributed by atoms with E-state index in [1.807, 2.05) is 0 Å². The minimum atomic E-state index is -1.16. The molecule has 0 bridgehead atoms.